The van der Waals surface area contributed by atoms with E-state index in [0.29, 0.717) is 12.5 Å². The van der Waals surface area contributed by atoms with Gasteiger partial charge in [0, 0.05) is 12.2 Å². The number of aromatic nitrogens is 1. The van der Waals surface area contributed by atoms with Crippen molar-refractivity contribution in [1.29, 1.82) is 0 Å². The summed E-state index contributed by atoms with van der Waals surface area (Å²) in [6, 6.07) is 3.96. The van der Waals surface area contributed by atoms with Gasteiger partial charge < -0.3 is 10.1 Å². The quantitative estimate of drug-likeness (QED) is 0.753. The van der Waals surface area contributed by atoms with Crippen molar-refractivity contribution in [3.8, 4) is 5.75 Å². The highest BCUT2D eigenvalue weighted by molar-refractivity contribution is 5.29. The Balaban J connectivity index is 2.67. The van der Waals surface area contributed by atoms with Crippen molar-refractivity contribution in [2.45, 2.75) is 34.2 Å². The predicted molar refractivity (Wildman–Crippen MR) is 75.8 cm³/mol. The van der Waals surface area contributed by atoms with E-state index in [1.165, 1.54) is 0 Å². The summed E-state index contributed by atoms with van der Waals surface area (Å²) in [4.78, 5) is 4.53. The molecule has 100 valence electrons. The number of rotatable bonds is 7. The molecule has 0 saturated carbocycles. The SMILES string of the molecule is C=C(C)COc1ccc(C)nc1CNCC(C)C. The number of hydrogen-bond acceptors (Lipinski definition) is 3. The van der Waals surface area contributed by atoms with Gasteiger partial charge in [0.2, 0.25) is 0 Å². The fraction of sp³-hybridized carbons (Fsp3) is 0.533. The first-order chi connectivity index (χ1) is 8.49. The van der Waals surface area contributed by atoms with E-state index in [1.54, 1.807) is 0 Å². The Bertz CT molecular complexity index is 399. The Hall–Kier alpha value is -1.35. The summed E-state index contributed by atoms with van der Waals surface area (Å²) in [5.41, 5.74) is 2.99. The summed E-state index contributed by atoms with van der Waals surface area (Å²) in [6.45, 7) is 14.4. The Morgan fingerprint density at radius 1 is 1.44 bits per heavy atom. The van der Waals surface area contributed by atoms with Crippen molar-refractivity contribution in [2.24, 2.45) is 5.92 Å². The molecule has 0 unspecified atom stereocenters. The molecule has 1 heterocycles. The predicted octanol–water partition coefficient (Wildman–Crippen LogP) is 3.09. The number of nitrogens with zero attached hydrogens (tertiary/aromatic N) is 1. The molecule has 0 aliphatic heterocycles. The second-order valence-electron chi connectivity index (χ2n) is 5.17. The number of hydrogen-bond donors (Lipinski definition) is 1. The van der Waals surface area contributed by atoms with E-state index in [9.17, 15) is 0 Å². The Morgan fingerprint density at radius 2 is 2.17 bits per heavy atom. The Morgan fingerprint density at radius 3 is 2.78 bits per heavy atom. The van der Waals surface area contributed by atoms with E-state index in [0.717, 1.165) is 35.8 Å². The third-order valence-electron chi connectivity index (χ3n) is 2.39. The van der Waals surface area contributed by atoms with Crippen LogP contribution in [0.15, 0.2) is 24.3 Å². The molecular weight excluding hydrogens is 224 g/mol. The average molecular weight is 248 g/mol. The zero-order valence-corrected chi connectivity index (χ0v) is 11.9. The van der Waals surface area contributed by atoms with Crippen LogP contribution in [0, 0.1) is 12.8 Å². The third-order valence-corrected chi connectivity index (χ3v) is 2.39. The van der Waals surface area contributed by atoms with E-state index in [-0.39, 0.29) is 0 Å². The summed E-state index contributed by atoms with van der Waals surface area (Å²) in [7, 11) is 0. The topological polar surface area (TPSA) is 34.1 Å². The standard InChI is InChI=1S/C15H24N2O/c1-11(2)8-16-9-14-15(18-10-12(3)4)7-6-13(5)17-14/h6-7,11,16H,3,8-10H2,1-2,4-5H3. The molecule has 0 atom stereocenters. The molecule has 18 heavy (non-hydrogen) atoms. The van der Waals surface area contributed by atoms with Crippen LogP contribution >= 0.6 is 0 Å². The highest BCUT2D eigenvalue weighted by Crippen LogP contribution is 2.17. The molecule has 0 aliphatic carbocycles. The van der Waals surface area contributed by atoms with Gasteiger partial charge in [0.05, 0.1) is 5.69 Å². The van der Waals surface area contributed by atoms with Crippen LogP contribution in [0.3, 0.4) is 0 Å². The normalized spacial score (nSPS) is 10.7. The molecule has 0 spiro atoms. The van der Waals surface area contributed by atoms with Gasteiger partial charge in [-0.15, -0.1) is 0 Å². The molecule has 1 rings (SSSR count). The fourth-order valence-electron chi connectivity index (χ4n) is 1.54. The van der Waals surface area contributed by atoms with Gasteiger partial charge >= 0.3 is 0 Å². The maximum absolute atomic E-state index is 5.71. The zero-order chi connectivity index (χ0) is 13.5. The van der Waals surface area contributed by atoms with E-state index in [1.807, 2.05) is 26.0 Å². The van der Waals surface area contributed by atoms with Gasteiger partial charge in [0.25, 0.3) is 0 Å². The summed E-state index contributed by atoms with van der Waals surface area (Å²) in [5.74, 6) is 1.48. The number of aryl methyl sites for hydroxylation is 1. The lowest BCUT2D eigenvalue weighted by Crippen LogP contribution is -2.20. The molecule has 1 aromatic heterocycles. The fourth-order valence-corrected chi connectivity index (χ4v) is 1.54. The van der Waals surface area contributed by atoms with Crippen LogP contribution in [0.2, 0.25) is 0 Å². The minimum Gasteiger partial charge on any atom is -0.487 e. The lowest BCUT2D eigenvalue weighted by atomic mass is 10.2. The van der Waals surface area contributed by atoms with Gasteiger partial charge in [-0.05, 0) is 44.0 Å². The molecular formula is C15H24N2O. The van der Waals surface area contributed by atoms with E-state index >= 15 is 0 Å². The summed E-state index contributed by atoms with van der Waals surface area (Å²) < 4.78 is 5.71. The van der Waals surface area contributed by atoms with Gasteiger partial charge in [0.1, 0.15) is 12.4 Å². The summed E-state index contributed by atoms with van der Waals surface area (Å²) in [6.07, 6.45) is 0. The maximum Gasteiger partial charge on any atom is 0.142 e. The van der Waals surface area contributed by atoms with E-state index < -0.39 is 0 Å². The van der Waals surface area contributed by atoms with Crippen LogP contribution < -0.4 is 10.1 Å². The monoisotopic (exact) mass is 248 g/mol. The largest absolute Gasteiger partial charge is 0.487 e. The molecule has 0 amide bonds. The van der Waals surface area contributed by atoms with Crippen molar-refractivity contribution in [3.63, 3.8) is 0 Å². The molecule has 0 radical (unpaired) electrons. The number of nitrogens with one attached hydrogen (secondary N) is 1. The first kappa shape index (κ1) is 14.7. The van der Waals surface area contributed by atoms with Crippen molar-refractivity contribution >= 4 is 0 Å². The maximum atomic E-state index is 5.71. The van der Waals surface area contributed by atoms with Crippen molar-refractivity contribution in [3.05, 3.63) is 35.7 Å². The minimum absolute atomic E-state index is 0.544. The van der Waals surface area contributed by atoms with Gasteiger partial charge in [-0.3, -0.25) is 4.98 Å². The van der Waals surface area contributed by atoms with Gasteiger partial charge in [0.15, 0.2) is 0 Å². The lowest BCUT2D eigenvalue weighted by molar-refractivity contribution is 0.344. The van der Waals surface area contributed by atoms with Crippen LogP contribution in [-0.2, 0) is 6.54 Å². The highest BCUT2D eigenvalue weighted by atomic mass is 16.5. The Kier molecular flexibility index (Phi) is 5.86. The summed E-state index contributed by atoms with van der Waals surface area (Å²) >= 11 is 0. The second kappa shape index (κ2) is 7.17. The van der Waals surface area contributed by atoms with Crippen molar-refractivity contribution in [2.75, 3.05) is 13.2 Å². The molecule has 3 nitrogen and oxygen atoms in total. The van der Waals surface area contributed by atoms with Crippen LogP contribution in [0.1, 0.15) is 32.2 Å². The smallest absolute Gasteiger partial charge is 0.142 e. The molecule has 0 fully saturated rings. The second-order valence-corrected chi connectivity index (χ2v) is 5.17. The average Bonchev–Trinajstić information content (AvgIpc) is 2.27. The van der Waals surface area contributed by atoms with Crippen LogP contribution in [-0.4, -0.2) is 18.1 Å². The van der Waals surface area contributed by atoms with Crippen molar-refractivity contribution in [1.82, 2.24) is 10.3 Å². The van der Waals surface area contributed by atoms with E-state index in [4.69, 9.17) is 4.74 Å². The van der Waals surface area contributed by atoms with Crippen LogP contribution in [0.5, 0.6) is 5.75 Å². The van der Waals surface area contributed by atoms with Gasteiger partial charge in [-0.2, -0.15) is 0 Å². The van der Waals surface area contributed by atoms with E-state index in [2.05, 4.69) is 30.7 Å². The van der Waals surface area contributed by atoms with Gasteiger partial charge in [-0.1, -0.05) is 20.4 Å². The molecule has 0 aromatic carbocycles. The zero-order valence-electron chi connectivity index (χ0n) is 11.9. The first-order valence-electron chi connectivity index (χ1n) is 6.43. The molecule has 1 aromatic rings. The summed E-state index contributed by atoms with van der Waals surface area (Å²) in [5, 5.41) is 3.39. The lowest BCUT2D eigenvalue weighted by Gasteiger charge is -2.13. The van der Waals surface area contributed by atoms with Crippen LogP contribution in [0.4, 0.5) is 0 Å². The minimum atomic E-state index is 0.544. The number of ether oxygens (including phenoxy) is 1. The molecule has 1 N–H and O–H groups in total. The number of pyridine rings is 1. The molecule has 3 heteroatoms. The Labute approximate surface area is 110 Å². The highest BCUT2D eigenvalue weighted by Gasteiger charge is 2.06. The van der Waals surface area contributed by atoms with Crippen molar-refractivity contribution < 1.29 is 4.74 Å². The van der Waals surface area contributed by atoms with Crippen LogP contribution in [0.25, 0.3) is 0 Å². The third kappa shape index (κ3) is 5.32. The molecule has 0 bridgehead atoms. The van der Waals surface area contributed by atoms with Gasteiger partial charge in [-0.25, -0.2) is 0 Å². The first-order valence-corrected chi connectivity index (χ1v) is 6.43. The molecule has 0 saturated heterocycles. The molecule has 0 aliphatic rings.